The molecule has 8 heteroatoms. The zero-order chi connectivity index (χ0) is 20.4. The number of nitrogens with zero attached hydrogens (tertiary/aromatic N) is 2. The van der Waals surface area contributed by atoms with E-state index in [4.69, 9.17) is 11.5 Å². The summed E-state index contributed by atoms with van der Waals surface area (Å²) < 4.78 is 0. The predicted octanol–water partition coefficient (Wildman–Crippen LogP) is 3.16. The number of nitrogen functional groups attached to an aromatic ring is 2. The molecule has 1 unspecified atom stereocenters. The van der Waals surface area contributed by atoms with E-state index in [1.165, 1.54) is 11.3 Å². The molecule has 7 nitrogen and oxygen atoms in total. The maximum atomic E-state index is 12.8. The van der Waals surface area contributed by atoms with Gasteiger partial charge in [-0.1, -0.05) is 12.1 Å². The largest absolute Gasteiger partial charge is 0.397 e. The van der Waals surface area contributed by atoms with Crippen molar-refractivity contribution in [2.24, 2.45) is 5.92 Å². The summed E-state index contributed by atoms with van der Waals surface area (Å²) in [6, 6.07) is 14.1. The molecule has 1 aliphatic heterocycles. The van der Waals surface area contributed by atoms with E-state index in [2.05, 4.69) is 10.3 Å². The summed E-state index contributed by atoms with van der Waals surface area (Å²) in [4.78, 5) is 31.3. The normalized spacial score (nSPS) is 16.2. The van der Waals surface area contributed by atoms with Gasteiger partial charge in [-0.15, -0.1) is 11.3 Å². The lowest BCUT2D eigenvalue weighted by molar-refractivity contribution is -0.120. The molecule has 0 spiro atoms. The lowest BCUT2D eigenvalue weighted by Gasteiger charge is -2.17. The van der Waals surface area contributed by atoms with Gasteiger partial charge in [0.1, 0.15) is 0 Å². The molecule has 0 radical (unpaired) electrons. The molecule has 4 rings (SSSR count). The van der Waals surface area contributed by atoms with E-state index in [0.29, 0.717) is 35.0 Å². The highest BCUT2D eigenvalue weighted by atomic mass is 32.1. The average Bonchev–Trinajstić information content (AvgIpc) is 3.29. The number of benzene rings is 2. The Bertz CT molecular complexity index is 1050. The highest BCUT2D eigenvalue weighted by Gasteiger charge is 2.33. The van der Waals surface area contributed by atoms with Crippen LogP contribution in [-0.4, -0.2) is 23.3 Å². The smallest absolute Gasteiger partial charge is 0.255 e. The second-order valence-electron chi connectivity index (χ2n) is 6.94. The Morgan fingerprint density at radius 2 is 1.93 bits per heavy atom. The third-order valence-corrected chi connectivity index (χ3v) is 5.71. The van der Waals surface area contributed by atoms with Crippen LogP contribution in [0.2, 0.25) is 0 Å². The van der Waals surface area contributed by atoms with Crippen LogP contribution < -0.4 is 21.7 Å². The van der Waals surface area contributed by atoms with Crippen LogP contribution >= 0.6 is 11.3 Å². The number of amides is 2. The first-order chi connectivity index (χ1) is 14.0. The first-order valence-corrected chi connectivity index (χ1v) is 10.2. The molecular formula is C21H21N5O2S. The fourth-order valence-electron chi connectivity index (χ4n) is 3.45. The van der Waals surface area contributed by atoms with E-state index in [9.17, 15) is 9.59 Å². The molecule has 148 valence electrons. The fraction of sp³-hybridized carbons (Fsp3) is 0.190. The van der Waals surface area contributed by atoms with Gasteiger partial charge in [-0.05, 0) is 42.8 Å². The molecule has 2 aromatic carbocycles. The van der Waals surface area contributed by atoms with E-state index in [1.54, 1.807) is 41.3 Å². The van der Waals surface area contributed by atoms with E-state index >= 15 is 0 Å². The van der Waals surface area contributed by atoms with E-state index in [-0.39, 0.29) is 17.7 Å². The molecule has 1 aromatic heterocycles. The Morgan fingerprint density at radius 3 is 2.62 bits per heavy atom. The van der Waals surface area contributed by atoms with Gasteiger partial charge in [-0.2, -0.15) is 0 Å². The molecule has 1 atom stereocenters. The standard InChI is InChI=1S/C21H21N5O2S/c22-17-3-1-2-4-18(17)25-19(27)13-5-7-16(8-6-13)26-10-9-14(20(26)28)11-15-12-29-21(23)24-15/h1-8,12,14H,9-11,22H2,(H2,23,24)(H,25,27). The average molecular weight is 407 g/mol. The maximum Gasteiger partial charge on any atom is 0.255 e. The Kier molecular flexibility index (Phi) is 5.18. The van der Waals surface area contributed by atoms with Gasteiger partial charge < -0.3 is 21.7 Å². The van der Waals surface area contributed by atoms with Crippen molar-refractivity contribution in [3.63, 3.8) is 0 Å². The highest BCUT2D eigenvalue weighted by Crippen LogP contribution is 2.28. The second kappa shape index (κ2) is 7.92. The Balaban J connectivity index is 1.42. The molecule has 0 aliphatic carbocycles. The number of hydrogen-bond donors (Lipinski definition) is 3. The summed E-state index contributed by atoms with van der Waals surface area (Å²) in [6.07, 6.45) is 1.37. The summed E-state index contributed by atoms with van der Waals surface area (Å²) in [5.74, 6) is -0.271. The topological polar surface area (TPSA) is 114 Å². The minimum Gasteiger partial charge on any atom is -0.397 e. The molecular weight excluding hydrogens is 386 g/mol. The van der Waals surface area contributed by atoms with Crippen molar-refractivity contribution >= 4 is 45.3 Å². The Hall–Kier alpha value is -3.39. The van der Waals surface area contributed by atoms with Crippen molar-refractivity contribution in [2.45, 2.75) is 12.8 Å². The number of para-hydroxylation sites is 2. The van der Waals surface area contributed by atoms with Gasteiger partial charge in [0.2, 0.25) is 5.91 Å². The van der Waals surface area contributed by atoms with Crippen molar-refractivity contribution in [3.8, 4) is 0 Å². The van der Waals surface area contributed by atoms with Crippen molar-refractivity contribution in [2.75, 3.05) is 28.2 Å². The first kappa shape index (κ1) is 18.9. The molecule has 29 heavy (non-hydrogen) atoms. The fourth-order valence-corrected chi connectivity index (χ4v) is 4.03. The lowest BCUT2D eigenvalue weighted by Crippen LogP contribution is -2.27. The molecule has 0 saturated carbocycles. The van der Waals surface area contributed by atoms with Crippen molar-refractivity contribution in [1.29, 1.82) is 0 Å². The zero-order valence-electron chi connectivity index (χ0n) is 15.7. The van der Waals surface area contributed by atoms with E-state index in [1.807, 2.05) is 17.5 Å². The second-order valence-corrected chi connectivity index (χ2v) is 7.83. The maximum absolute atomic E-state index is 12.8. The Labute approximate surface area is 172 Å². The van der Waals surface area contributed by atoms with Crippen LogP contribution in [0.25, 0.3) is 0 Å². The summed E-state index contributed by atoms with van der Waals surface area (Å²) in [7, 11) is 0. The lowest BCUT2D eigenvalue weighted by atomic mass is 10.0. The summed E-state index contributed by atoms with van der Waals surface area (Å²) in [5.41, 5.74) is 14.8. The highest BCUT2D eigenvalue weighted by molar-refractivity contribution is 7.13. The number of rotatable bonds is 5. The summed E-state index contributed by atoms with van der Waals surface area (Å²) in [6.45, 7) is 0.648. The van der Waals surface area contributed by atoms with Crippen molar-refractivity contribution in [3.05, 3.63) is 65.2 Å². The minimum absolute atomic E-state index is 0.0748. The number of nitrogens with two attached hydrogens (primary N) is 2. The van der Waals surface area contributed by atoms with Gasteiger partial charge in [0, 0.05) is 35.5 Å². The SMILES string of the molecule is Nc1nc(CC2CCN(c3ccc(C(=O)Nc4ccccc4N)cc3)C2=O)cs1. The molecule has 5 N–H and O–H groups in total. The third kappa shape index (κ3) is 4.07. The number of anilines is 4. The number of aromatic nitrogens is 1. The molecule has 1 fully saturated rings. The van der Waals surface area contributed by atoms with Crippen molar-refractivity contribution in [1.82, 2.24) is 4.98 Å². The van der Waals surface area contributed by atoms with Gasteiger partial charge in [-0.25, -0.2) is 4.98 Å². The number of nitrogens with one attached hydrogen (secondary N) is 1. The van der Waals surface area contributed by atoms with Crippen molar-refractivity contribution < 1.29 is 9.59 Å². The monoisotopic (exact) mass is 407 g/mol. The number of hydrogen-bond acceptors (Lipinski definition) is 6. The van der Waals surface area contributed by atoms with E-state index in [0.717, 1.165) is 17.8 Å². The summed E-state index contributed by atoms with van der Waals surface area (Å²) in [5, 5.41) is 5.22. The third-order valence-electron chi connectivity index (χ3n) is 4.99. The molecule has 1 aliphatic rings. The molecule has 3 aromatic rings. The van der Waals surface area contributed by atoms with Gasteiger partial charge in [0.15, 0.2) is 5.13 Å². The molecule has 2 amide bonds. The molecule has 2 heterocycles. The summed E-state index contributed by atoms with van der Waals surface area (Å²) >= 11 is 1.39. The van der Waals surface area contributed by atoms with Crippen LogP contribution in [0.1, 0.15) is 22.5 Å². The van der Waals surface area contributed by atoms with Crippen LogP contribution in [0, 0.1) is 5.92 Å². The zero-order valence-corrected chi connectivity index (χ0v) is 16.5. The number of carbonyl (C=O) groups is 2. The van der Waals surface area contributed by atoms with Crippen LogP contribution in [0.3, 0.4) is 0 Å². The number of carbonyl (C=O) groups excluding carboxylic acids is 2. The van der Waals surface area contributed by atoms with Crippen LogP contribution in [0.5, 0.6) is 0 Å². The van der Waals surface area contributed by atoms with E-state index < -0.39 is 0 Å². The number of thiazole rings is 1. The van der Waals surface area contributed by atoms with Gasteiger partial charge >= 0.3 is 0 Å². The minimum atomic E-state index is -0.249. The molecule has 0 bridgehead atoms. The Morgan fingerprint density at radius 1 is 1.17 bits per heavy atom. The molecule has 1 saturated heterocycles. The predicted molar refractivity (Wildman–Crippen MR) is 116 cm³/mol. The quantitative estimate of drug-likeness (QED) is 0.562. The van der Waals surface area contributed by atoms with Crippen LogP contribution in [0.4, 0.5) is 22.2 Å². The van der Waals surface area contributed by atoms with Crippen LogP contribution in [-0.2, 0) is 11.2 Å². The van der Waals surface area contributed by atoms with Gasteiger partial charge in [0.05, 0.1) is 17.1 Å². The van der Waals surface area contributed by atoms with Crippen LogP contribution in [0.15, 0.2) is 53.9 Å². The first-order valence-electron chi connectivity index (χ1n) is 9.28. The van der Waals surface area contributed by atoms with Gasteiger partial charge in [-0.3, -0.25) is 9.59 Å². The van der Waals surface area contributed by atoms with Gasteiger partial charge in [0.25, 0.3) is 5.91 Å².